The van der Waals surface area contributed by atoms with E-state index in [0.717, 1.165) is 6.42 Å². The molecule has 0 aliphatic rings. The van der Waals surface area contributed by atoms with Crippen LogP contribution < -0.4 is 5.32 Å². The van der Waals surface area contributed by atoms with Crippen molar-refractivity contribution in [1.82, 2.24) is 5.32 Å². The van der Waals surface area contributed by atoms with E-state index in [9.17, 15) is 8.42 Å². The first-order valence-corrected chi connectivity index (χ1v) is 4.55. The second kappa shape index (κ2) is 6.32. The fourth-order valence-electron chi connectivity index (χ4n) is 0.362. The van der Waals surface area contributed by atoms with E-state index in [4.69, 9.17) is 11.6 Å². The Hall–Kier alpha value is 0.200. The SMILES string of the molecule is O=[SH](=O)CNCCCCl. The molecule has 1 N–H and O–H groups in total. The Labute approximate surface area is 61.3 Å². The zero-order valence-electron chi connectivity index (χ0n) is 4.97. The number of halogens is 1. The molecule has 0 saturated heterocycles. The third kappa shape index (κ3) is 8.20. The summed E-state index contributed by atoms with van der Waals surface area (Å²) in [5.74, 6) is 0.634. The van der Waals surface area contributed by atoms with Crippen molar-refractivity contribution in [3.05, 3.63) is 0 Å². The molecule has 5 heteroatoms. The average Bonchev–Trinajstić information content (AvgIpc) is 1.80. The highest BCUT2D eigenvalue weighted by molar-refractivity contribution is 7.72. The Bertz CT molecular complexity index is 118. The Morgan fingerprint density at radius 3 is 2.56 bits per heavy atom. The van der Waals surface area contributed by atoms with Gasteiger partial charge in [-0.1, -0.05) is 0 Å². The van der Waals surface area contributed by atoms with Crippen LogP contribution in [0.3, 0.4) is 0 Å². The summed E-state index contributed by atoms with van der Waals surface area (Å²) in [7, 11) is -2.27. The minimum absolute atomic E-state index is 0.0617. The van der Waals surface area contributed by atoms with Gasteiger partial charge >= 0.3 is 0 Å². The van der Waals surface area contributed by atoms with Crippen LogP contribution in [0.25, 0.3) is 0 Å². The van der Waals surface area contributed by atoms with Crippen LogP contribution in [0.5, 0.6) is 0 Å². The molecule has 0 amide bonds. The van der Waals surface area contributed by atoms with Crippen molar-refractivity contribution in [1.29, 1.82) is 0 Å². The Morgan fingerprint density at radius 1 is 1.44 bits per heavy atom. The van der Waals surface area contributed by atoms with Crippen LogP contribution in [0.2, 0.25) is 0 Å². The summed E-state index contributed by atoms with van der Waals surface area (Å²) in [4.78, 5) is 0. The van der Waals surface area contributed by atoms with Crippen LogP contribution in [0.1, 0.15) is 6.42 Å². The van der Waals surface area contributed by atoms with Gasteiger partial charge in [0.15, 0.2) is 10.7 Å². The molecule has 0 aliphatic carbocycles. The first kappa shape index (κ1) is 9.20. The summed E-state index contributed by atoms with van der Waals surface area (Å²) in [5, 5.41) is 2.71. The van der Waals surface area contributed by atoms with Crippen molar-refractivity contribution in [2.75, 3.05) is 18.3 Å². The summed E-state index contributed by atoms with van der Waals surface area (Å²) in [5.41, 5.74) is 0. The summed E-state index contributed by atoms with van der Waals surface area (Å²) in [6.07, 6.45) is 0.810. The van der Waals surface area contributed by atoms with E-state index >= 15 is 0 Å². The second-order valence-corrected chi connectivity index (χ2v) is 2.89. The molecule has 0 unspecified atom stereocenters. The molecule has 0 fully saturated rings. The van der Waals surface area contributed by atoms with Crippen LogP contribution >= 0.6 is 11.6 Å². The highest BCUT2D eigenvalue weighted by Gasteiger charge is 1.85. The molecule has 0 aromatic carbocycles. The molecule has 56 valence electrons. The van der Waals surface area contributed by atoms with E-state index in [0.29, 0.717) is 12.4 Å². The summed E-state index contributed by atoms with van der Waals surface area (Å²) in [6.45, 7) is 0.673. The number of thiol groups is 1. The number of rotatable bonds is 5. The predicted octanol–water partition coefficient (Wildman–Crippen LogP) is -0.226. The summed E-state index contributed by atoms with van der Waals surface area (Å²) < 4.78 is 19.8. The number of hydrogen-bond donors (Lipinski definition) is 2. The molecule has 0 aromatic rings. The largest absolute Gasteiger partial charge is 0.304 e. The number of alkyl halides is 1. The normalized spacial score (nSPS) is 10.4. The van der Waals surface area contributed by atoms with Crippen LogP contribution in [-0.2, 0) is 10.7 Å². The van der Waals surface area contributed by atoms with Crippen molar-refractivity contribution >= 4 is 22.3 Å². The molecule has 0 spiro atoms. The van der Waals surface area contributed by atoms with Crippen molar-refractivity contribution in [3.63, 3.8) is 0 Å². The molecular formula is C4H10ClNO2S. The molecule has 0 radical (unpaired) electrons. The number of hydrogen-bond acceptors (Lipinski definition) is 3. The van der Waals surface area contributed by atoms with Gasteiger partial charge < -0.3 is 5.32 Å². The smallest absolute Gasteiger partial charge is 0.153 e. The zero-order valence-corrected chi connectivity index (χ0v) is 6.62. The van der Waals surface area contributed by atoms with Gasteiger partial charge in [-0.2, -0.15) is 0 Å². The Balaban J connectivity index is 2.92. The van der Waals surface area contributed by atoms with E-state index in [2.05, 4.69) is 5.32 Å². The molecule has 0 rings (SSSR count). The van der Waals surface area contributed by atoms with Crippen molar-refractivity contribution in [3.8, 4) is 0 Å². The standard InChI is InChI=1S/C4H10ClNO2S/c5-2-1-3-6-4-9(7)8/h6,9H,1-4H2. The van der Waals surface area contributed by atoms with Crippen LogP contribution in [0.15, 0.2) is 0 Å². The second-order valence-electron chi connectivity index (χ2n) is 1.53. The topological polar surface area (TPSA) is 46.2 Å². The van der Waals surface area contributed by atoms with Crippen molar-refractivity contribution < 1.29 is 8.42 Å². The highest BCUT2D eigenvalue weighted by atomic mass is 35.5. The molecule has 0 aromatic heterocycles. The molecule has 9 heavy (non-hydrogen) atoms. The lowest BCUT2D eigenvalue weighted by Gasteiger charge is -1.94. The Kier molecular flexibility index (Phi) is 6.46. The Morgan fingerprint density at radius 2 is 2.11 bits per heavy atom. The van der Waals surface area contributed by atoms with Gasteiger partial charge in [0.25, 0.3) is 0 Å². The molecular weight excluding hydrogens is 162 g/mol. The van der Waals surface area contributed by atoms with Crippen molar-refractivity contribution in [2.24, 2.45) is 0 Å². The van der Waals surface area contributed by atoms with Gasteiger partial charge in [-0.3, -0.25) is 0 Å². The van der Waals surface area contributed by atoms with Crippen LogP contribution in [-0.4, -0.2) is 26.7 Å². The zero-order chi connectivity index (χ0) is 7.11. The number of nitrogens with one attached hydrogen (secondary N) is 1. The first-order valence-electron chi connectivity index (χ1n) is 2.66. The minimum atomic E-state index is -2.27. The molecule has 0 heterocycles. The van der Waals surface area contributed by atoms with Gasteiger partial charge in [-0.05, 0) is 13.0 Å². The van der Waals surface area contributed by atoms with Gasteiger partial charge in [0.05, 0.1) is 5.88 Å². The lowest BCUT2D eigenvalue weighted by molar-refractivity contribution is 0.605. The fourth-order valence-corrected chi connectivity index (χ4v) is 0.836. The monoisotopic (exact) mass is 171 g/mol. The maximum absolute atomic E-state index is 9.90. The van der Waals surface area contributed by atoms with Gasteiger partial charge in [-0.15, -0.1) is 11.6 Å². The predicted molar refractivity (Wildman–Crippen MR) is 38.5 cm³/mol. The maximum Gasteiger partial charge on any atom is 0.153 e. The molecule has 0 saturated carbocycles. The minimum Gasteiger partial charge on any atom is -0.304 e. The lowest BCUT2D eigenvalue weighted by atomic mass is 10.5. The summed E-state index contributed by atoms with van der Waals surface area (Å²) >= 11 is 5.33. The first-order chi connectivity index (χ1) is 4.27. The van der Waals surface area contributed by atoms with E-state index in [1.54, 1.807) is 0 Å². The maximum atomic E-state index is 9.90. The van der Waals surface area contributed by atoms with Crippen molar-refractivity contribution in [2.45, 2.75) is 6.42 Å². The van der Waals surface area contributed by atoms with E-state index in [1.807, 2.05) is 0 Å². The van der Waals surface area contributed by atoms with E-state index in [1.165, 1.54) is 0 Å². The molecule has 0 aliphatic heterocycles. The van der Waals surface area contributed by atoms with Gasteiger partial charge in [-0.25, -0.2) is 8.42 Å². The average molecular weight is 172 g/mol. The van der Waals surface area contributed by atoms with Crippen LogP contribution in [0, 0.1) is 0 Å². The molecule has 0 atom stereocenters. The van der Waals surface area contributed by atoms with Gasteiger partial charge in [0.1, 0.15) is 0 Å². The van der Waals surface area contributed by atoms with E-state index in [-0.39, 0.29) is 5.88 Å². The lowest BCUT2D eigenvalue weighted by Crippen LogP contribution is -2.17. The quantitative estimate of drug-likeness (QED) is 0.342. The third-order valence-corrected chi connectivity index (χ3v) is 1.48. The van der Waals surface area contributed by atoms with Gasteiger partial charge in [0, 0.05) is 5.88 Å². The fraction of sp³-hybridized carbons (Fsp3) is 1.00. The highest BCUT2D eigenvalue weighted by Crippen LogP contribution is 1.79. The van der Waals surface area contributed by atoms with E-state index < -0.39 is 10.7 Å². The third-order valence-electron chi connectivity index (χ3n) is 0.728. The molecule has 0 bridgehead atoms. The summed E-state index contributed by atoms with van der Waals surface area (Å²) in [6, 6.07) is 0. The van der Waals surface area contributed by atoms with Crippen LogP contribution in [0.4, 0.5) is 0 Å². The molecule has 3 nitrogen and oxygen atoms in total. The van der Waals surface area contributed by atoms with Gasteiger partial charge in [0.2, 0.25) is 0 Å².